The molecule has 1 fully saturated rings. The second kappa shape index (κ2) is 13.9. The molecule has 0 aliphatic heterocycles. The van der Waals surface area contributed by atoms with E-state index < -0.39 is 28.5 Å². The third-order valence-corrected chi connectivity index (χ3v) is 10.0. The summed E-state index contributed by atoms with van der Waals surface area (Å²) in [6.45, 7) is 0.911. The summed E-state index contributed by atoms with van der Waals surface area (Å²) >= 11 is 19.3. The van der Waals surface area contributed by atoms with E-state index in [0.29, 0.717) is 15.6 Å². The molecule has 0 radical (unpaired) electrons. The molecule has 0 saturated heterocycles. The minimum atomic E-state index is -4.21. The highest BCUT2D eigenvalue weighted by molar-refractivity contribution is 7.92. The smallest absolute Gasteiger partial charge is 0.264 e. The number of benzene rings is 3. The van der Waals surface area contributed by atoms with E-state index in [2.05, 4.69) is 5.32 Å². The van der Waals surface area contributed by atoms with E-state index in [-0.39, 0.29) is 34.1 Å². The second-order valence-corrected chi connectivity index (χ2v) is 13.1. The Bertz CT molecular complexity index is 1460. The van der Waals surface area contributed by atoms with Gasteiger partial charge in [-0.05, 0) is 56.2 Å². The molecule has 0 heterocycles. The maximum absolute atomic E-state index is 14.1. The Morgan fingerprint density at radius 1 is 0.854 bits per heavy atom. The lowest BCUT2D eigenvalue weighted by molar-refractivity contribution is -0.139. The molecule has 1 N–H and O–H groups in total. The maximum atomic E-state index is 14.1. The van der Waals surface area contributed by atoms with Crippen molar-refractivity contribution in [2.45, 2.75) is 62.6 Å². The van der Waals surface area contributed by atoms with Crippen LogP contribution in [0.1, 0.15) is 44.6 Å². The molecule has 1 aliphatic rings. The number of carbonyl (C=O) groups excluding carboxylic acids is 2. The number of nitrogens with zero attached hydrogens (tertiary/aromatic N) is 2. The van der Waals surface area contributed by atoms with Crippen molar-refractivity contribution >= 4 is 62.3 Å². The monoisotopic (exact) mass is 635 g/mol. The fourth-order valence-corrected chi connectivity index (χ4v) is 7.15. The number of anilines is 1. The number of para-hydroxylation sites is 1. The third kappa shape index (κ3) is 7.55. The molecule has 3 aromatic carbocycles. The molecular weight excluding hydrogens is 605 g/mol. The molecule has 1 aliphatic carbocycles. The van der Waals surface area contributed by atoms with Crippen LogP contribution in [0, 0.1) is 0 Å². The van der Waals surface area contributed by atoms with Crippen LogP contribution in [0.4, 0.5) is 5.69 Å². The average molecular weight is 637 g/mol. The maximum Gasteiger partial charge on any atom is 0.264 e. The molecule has 4 rings (SSSR count). The molecule has 0 aromatic heterocycles. The van der Waals surface area contributed by atoms with Crippen molar-refractivity contribution in [3.05, 3.63) is 93.4 Å². The van der Waals surface area contributed by atoms with E-state index in [9.17, 15) is 18.0 Å². The van der Waals surface area contributed by atoms with Crippen LogP contribution in [0.2, 0.25) is 15.1 Å². The molecule has 3 aromatic rings. The van der Waals surface area contributed by atoms with Gasteiger partial charge in [-0.25, -0.2) is 8.42 Å². The summed E-state index contributed by atoms with van der Waals surface area (Å²) in [5.74, 6) is -0.949. The molecule has 218 valence electrons. The van der Waals surface area contributed by atoms with Gasteiger partial charge >= 0.3 is 0 Å². The molecule has 0 spiro atoms. The number of carbonyl (C=O) groups is 2. The fraction of sp³-hybridized carbons (Fsp3) is 0.333. The van der Waals surface area contributed by atoms with Crippen LogP contribution in [0.25, 0.3) is 0 Å². The Labute approximate surface area is 256 Å². The average Bonchev–Trinajstić information content (AvgIpc) is 2.96. The van der Waals surface area contributed by atoms with E-state index in [1.807, 2.05) is 0 Å². The lowest BCUT2D eigenvalue weighted by Crippen LogP contribution is -2.53. The number of amides is 2. The fourth-order valence-electron chi connectivity index (χ4n) is 4.89. The Morgan fingerprint density at radius 3 is 2.07 bits per heavy atom. The van der Waals surface area contributed by atoms with Crippen molar-refractivity contribution in [1.29, 1.82) is 0 Å². The number of hydrogen-bond acceptors (Lipinski definition) is 4. The molecule has 2 amide bonds. The van der Waals surface area contributed by atoms with Crippen molar-refractivity contribution in [3.63, 3.8) is 0 Å². The minimum Gasteiger partial charge on any atom is -0.352 e. The number of halogens is 3. The highest BCUT2D eigenvalue weighted by Gasteiger charge is 2.34. The lowest BCUT2D eigenvalue weighted by Gasteiger charge is -2.33. The molecule has 11 heteroatoms. The summed E-state index contributed by atoms with van der Waals surface area (Å²) in [5, 5.41) is 3.88. The van der Waals surface area contributed by atoms with Gasteiger partial charge in [0.2, 0.25) is 11.8 Å². The first kappa shape index (κ1) is 31.2. The topological polar surface area (TPSA) is 86.8 Å². The molecule has 1 saturated carbocycles. The third-order valence-electron chi connectivity index (χ3n) is 7.24. The molecule has 0 unspecified atom stereocenters. The van der Waals surface area contributed by atoms with Gasteiger partial charge in [0.25, 0.3) is 10.0 Å². The lowest BCUT2D eigenvalue weighted by atomic mass is 9.95. The number of nitrogens with one attached hydrogen (secondary N) is 1. The van der Waals surface area contributed by atoms with Crippen LogP contribution < -0.4 is 9.62 Å². The predicted molar refractivity (Wildman–Crippen MR) is 164 cm³/mol. The first-order valence-corrected chi connectivity index (χ1v) is 16.0. The van der Waals surface area contributed by atoms with E-state index in [0.717, 1.165) is 36.4 Å². The zero-order valence-electron chi connectivity index (χ0n) is 22.6. The zero-order chi connectivity index (χ0) is 29.6. The van der Waals surface area contributed by atoms with Crippen molar-refractivity contribution in [2.75, 3.05) is 10.8 Å². The first-order chi connectivity index (χ1) is 19.6. The normalized spacial score (nSPS) is 14.7. The Hall–Kier alpha value is -2.78. The summed E-state index contributed by atoms with van der Waals surface area (Å²) in [6.07, 6.45) is 4.94. The standard InChI is InChI=1S/C30H32Cl3N3O4S/c1-21(30(38)34-22-11-4-2-5-12-22)35(19-24-25(31)16-10-17-26(24)32)29(37)20-36(28-18-9-8-15-27(28)33)41(39,40)23-13-6-3-7-14-23/h3,6-10,13-18,21-22H,2,4-5,11-12,19-20H2,1H3,(H,34,38)/t21-/m0/s1. The van der Waals surface area contributed by atoms with Gasteiger partial charge in [0.15, 0.2) is 0 Å². The summed E-state index contributed by atoms with van der Waals surface area (Å²) in [4.78, 5) is 28.8. The largest absolute Gasteiger partial charge is 0.352 e. The molecule has 7 nitrogen and oxygen atoms in total. The molecule has 0 bridgehead atoms. The van der Waals surface area contributed by atoms with Crippen molar-refractivity contribution in [1.82, 2.24) is 10.2 Å². The van der Waals surface area contributed by atoms with Crippen LogP contribution in [0.5, 0.6) is 0 Å². The van der Waals surface area contributed by atoms with Gasteiger partial charge < -0.3 is 10.2 Å². The number of sulfonamides is 1. The van der Waals surface area contributed by atoms with Gasteiger partial charge in [0.05, 0.1) is 15.6 Å². The molecular formula is C30H32Cl3N3O4S. The summed E-state index contributed by atoms with van der Waals surface area (Å²) < 4.78 is 28.7. The van der Waals surface area contributed by atoms with Gasteiger partial charge in [-0.1, -0.05) is 90.5 Å². The predicted octanol–water partition coefficient (Wildman–Crippen LogP) is 6.71. The van der Waals surface area contributed by atoms with Crippen LogP contribution in [-0.2, 0) is 26.2 Å². The highest BCUT2D eigenvalue weighted by Crippen LogP contribution is 2.32. The van der Waals surface area contributed by atoms with Crippen LogP contribution in [0.3, 0.4) is 0 Å². The van der Waals surface area contributed by atoms with Gasteiger partial charge in [-0.15, -0.1) is 0 Å². The first-order valence-electron chi connectivity index (χ1n) is 13.4. The Balaban J connectivity index is 1.71. The van der Waals surface area contributed by atoms with E-state index >= 15 is 0 Å². The van der Waals surface area contributed by atoms with Crippen LogP contribution >= 0.6 is 34.8 Å². The van der Waals surface area contributed by atoms with Crippen molar-refractivity contribution in [2.24, 2.45) is 0 Å². The quantitative estimate of drug-likeness (QED) is 0.268. The summed E-state index contributed by atoms with van der Waals surface area (Å²) in [7, 11) is -4.21. The summed E-state index contributed by atoms with van der Waals surface area (Å²) in [6, 6.07) is 18.3. The zero-order valence-corrected chi connectivity index (χ0v) is 25.7. The molecule has 41 heavy (non-hydrogen) atoms. The Kier molecular flexibility index (Phi) is 10.6. The van der Waals surface area contributed by atoms with Crippen LogP contribution in [0.15, 0.2) is 77.7 Å². The highest BCUT2D eigenvalue weighted by atomic mass is 35.5. The Morgan fingerprint density at radius 2 is 1.44 bits per heavy atom. The van der Waals surface area contributed by atoms with Crippen molar-refractivity contribution in [3.8, 4) is 0 Å². The van der Waals surface area contributed by atoms with Crippen molar-refractivity contribution < 1.29 is 18.0 Å². The minimum absolute atomic E-state index is 0.00323. The summed E-state index contributed by atoms with van der Waals surface area (Å²) in [5.41, 5.74) is 0.595. The van der Waals surface area contributed by atoms with E-state index in [4.69, 9.17) is 34.8 Å². The van der Waals surface area contributed by atoms with Gasteiger partial charge in [-0.3, -0.25) is 13.9 Å². The van der Waals surface area contributed by atoms with E-state index in [1.54, 1.807) is 61.5 Å². The van der Waals surface area contributed by atoms with Gasteiger partial charge in [0.1, 0.15) is 12.6 Å². The van der Waals surface area contributed by atoms with Gasteiger partial charge in [-0.2, -0.15) is 0 Å². The second-order valence-electron chi connectivity index (χ2n) is 10.0. The van der Waals surface area contributed by atoms with Gasteiger partial charge in [0, 0.05) is 28.2 Å². The molecule has 1 atom stereocenters. The number of rotatable bonds is 10. The van der Waals surface area contributed by atoms with Crippen LogP contribution in [-0.4, -0.2) is 43.8 Å². The number of hydrogen-bond donors (Lipinski definition) is 1. The SMILES string of the molecule is C[C@@H](C(=O)NC1CCCCC1)N(Cc1c(Cl)cccc1Cl)C(=O)CN(c1ccccc1Cl)S(=O)(=O)c1ccccc1. The van der Waals surface area contributed by atoms with E-state index in [1.165, 1.54) is 23.1 Å².